The Kier molecular flexibility index (Phi) is 8.49. The van der Waals surface area contributed by atoms with Crippen LogP contribution in [-0.2, 0) is 20.8 Å². The molecule has 9 heteroatoms. The van der Waals surface area contributed by atoms with Gasteiger partial charge < -0.3 is 30.5 Å². The molecule has 0 aliphatic carbocycles. The van der Waals surface area contributed by atoms with E-state index < -0.39 is 11.9 Å². The van der Waals surface area contributed by atoms with Crippen LogP contribution in [0.1, 0.15) is 25.0 Å². The van der Waals surface area contributed by atoms with E-state index >= 15 is 0 Å². The highest BCUT2D eigenvalue weighted by Crippen LogP contribution is 2.28. The number of primary amides is 1. The van der Waals surface area contributed by atoms with Crippen LogP contribution in [0.25, 0.3) is 0 Å². The number of carbonyl (C=O) groups is 2. The average Bonchev–Trinajstić information content (AvgIpc) is 2.73. The Morgan fingerprint density at radius 3 is 2.20 bits per heavy atom. The molecule has 0 aromatic heterocycles. The second-order valence-electron chi connectivity index (χ2n) is 6.04. The topological polar surface area (TPSA) is 135 Å². The van der Waals surface area contributed by atoms with E-state index in [0.29, 0.717) is 41.6 Å². The summed E-state index contributed by atoms with van der Waals surface area (Å²) < 4.78 is 16.2. The van der Waals surface area contributed by atoms with Crippen LogP contribution >= 0.6 is 0 Å². The number of rotatable bonds is 11. The summed E-state index contributed by atoms with van der Waals surface area (Å²) in [6.45, 7) is 4.50. The van der Waals surface area contributed by atoms with Gasteiger partial charge in [0.1, 0.15) is 5.75 Å². The van der Waals surface area contributed by atoms with Gasteiger partial charge in [0.05, 0.1) is 19.6 Å². The first-order valence-electron chi connectivity index (χ1n) is 9.36. The van der Waals surface area contributed by atoms with Gasteiger partial charge in [-0.1, -0.05) is 11.2 Å². The molecule has 9 nitrogen and oxygen atoms in total. The SMILES string of the molecule is CCOc1ccc(CC(=O)O/N=C(\N)c2ccc(OCC(N)=O)cc2)cc1OCC. The van der Waals surface area contributed by atoms with Crippen LogP contribution in [0, 0.1) is 0 Å². The Hall–Kier alpha value is -3.75. The second-order valence-corrected chi connectivity index (χ2v) is 6.04. The summed E-state index contributed by atoms with van der Waals surface area (Å²) in [5.74, 6) is 0.488. The maximum absolute atomic E-state index is 12.1. The maximum atomic E-state index is 12.1. The molecule has 0 unspecified atom stereocenters. The molecule has 0 saturated heterocycles. The van der Waals surface area contributed by atoms with Crippen LogP contribution in [0.5, 0.6) is 17.2 Å². The molecule has 0 aliphatic rings. The monoisotopic (exact) mass is 415 g/mol. The molecule has 0 bridgehead atoms. The van der Waals surface area contributed by atoms with Crippen molar-refractivity contribution in [2.75, 3.05) is 19.8 Å². The van der Waals surface area contributed by atoms with E-state index in [-0.39, 0.29) is 18.9 Å². The molecule has 2 aromatic rings. The van der Waals surface area contributed by atoms with Crippen LogP contribution in [0.2, 0.25) is 0 Å². The fourth-order valence-corrected chi connectivity index (χ4v) is 2.43. The van der Waals surface area contributed by atoms with Gasteiger partial charge in [-0.2, -0.15) is 0 Å². The standard InChI is InChI=1S/C21H25N3O6/c1-3-27-17-10-5-14(11-18(17)28-4-2)12-20(26)30-24-21(23)15-6-8-16(9-7-15)29-13-19(22)25/h5-11H,3-4,12-13H2,1-2H3,(H2,22,25)(H2,23,24). The molecular formula is C21H25N3O6. The van der Waals surface area contributed by atoms with Gasteiger partial charge in [0.25, 0.3) is 5.91 Å². The van der Waals surface area contributed by atoms with Crippen molar-refractivity contribution >= 4 is 17.7 Å². The Labute approximate surface area is 174 Å². The van der Waals surface area contributed by atoms with Crippen molar-refractivity contribution in [1.82, 2.24) is 0 Å². The molecule has 1 amide bonds. The van der Waals surface area contributed by atoms with Crippen LogP contribution in [0.15, 0.2) is 47.6 Å². The number of oxime groups is 1. The van der Waals surface area contributed by atoms with Crippen LogP contribution in [0.4, 0.5) is 0 Å². The Morgan fingerprint density at radius 2 is 1.57 bits per heavy atom. The van der Waals surface area contributed by atoms with Crippen LogP contribution in [-0.4, -0.2) is 37.5 Å². The maximum Gasteiger partial charge on any atom is 0.339 e. The fraction of sp³-hybridized carbons (Fsp3) is 0.286. The molecular weight excluding hydrogens is 390 g/mol. The molecule has 4 N–H and O–H groups in total. The van der Waals surface area contributed by atoms with Crippen molar-refractivity contribution in [3.63, 3.8) is 0 Å². The summed E-state index contributed by atoms with van der Waals surface area (Å²) in [6, 6.07) is 11.7. The smallest absolute Gasteiger partial charge is 0.339 e. The third kappa shape index (κ3) is 7.01. The van der Waals surface area contributed by atoms with E-state index in [4.69, 9.17) is 30.5 Å². The summed E-state index contributed by atoms with van der Waals surface area (Å²) in [5, 5.41) is 3.67. The number of hydrogen-bond donors (Lipinski definition) is 2. The molecule has 0 radical (unpaired) electrons. The van der Waals surface area contributed by atoms with E-state index in [9.17, 15) is 9.59 Å². The highest BCUT2D eigenvalue weighted by Gasteiger charge is 2.11. The number of amidine groups is 1. The quantitative estimate of drug-likeness (QED) is 0.247. The van der Waals surface area contributed by atoms with Gasteiger partial charge in [-0.15, -0.1) is 0 Å². The highest BCUT2D eigenvalue weighted by molar-refractivity contribution is 5.97. The second kappa shape index (κ2) is 11.3. The van der Waals surface area contributed by atoms with Crippen molar-refractivity contribution in [1.29, 1.82) is 0 Å². The van der Waals surface area contributed by atoms with Crippen molar-refractivity contribution in [3.8, 4) is 17.2 Å². The number of ether oxygens (including phenoxy) is 3. The molecule has 30 heavy (non-hydrogen) atoms. The van der Waals surface area contributed by atoms with Gasteiger partial charge in [-0.05, 0) is 55.8 Å². The van der Waals surface area contributed by atoms with E-state index in [1.807, 2.05) is 13.8 Å². The first-order valence-corrected chi connectivity index (χ1v) is 9.36. The van der Waals surface area contributed by atoms with Crippen LogP contribution < -0.4 is 25.7 Å². The van der Waals surface area contributed by atoms with E-state index in [2.05, 4.69) is 5.16 Å². The molecule has 0 atom stereocenters. The minimum absolute atomic E-state index is 0.0108. The lowest BCUT2D eigenvalue weighted by Crippen LogP contribution is -2.20. The summed E-state index contributed by atoms with van der Waals surface area (Å²) in [4.78, 5) is 27.7. The number of hydrogen-bond acceptors (Lipinski definition) is 7. The van der Waals surface area contributed by atoms with Gasteiger partial charge in [-0.25, -0.2) is 4.79 Å². The zero-order valence-corrected chi connectivity index (χ0v) is 16.9. The average molecular weight is 415 g/mol. The number of benzene rings is 2. The van der Waals surface area contributed by atoms with E-state index in [0.717, 1.165) is 0 Å². The normalized spacial score (nSPS) is 10.9. The van der Waals surface area contributed by atoms with Gasteiger partial charge in [-0.3, -0.25) is 4.79 Å². The molecule has 0 saturated carbocycles. The summed E-state index contributed by atoms with van der Waals surface area (Å²) >= 11 is 0. The first kappa shape index (κ1) is 22.5. The van der Waals surface area contributed by atoms with Crippen molar-refractivity contribution in [2.24, 2.45) is 16.6 Å². The predicted molar refractivity (Wildman–Crippen MR) is 110 cm³/mol. The third-order valence-electron chi connectivity index (χ3n) is 3.73. The Balaban J connectivity index is 1.96. The van der Waals surface area contributed by atoms with Gasteiger partial charge in [0.15, 0.2) is 23.9 Å². The van der Waals surface area contributed by atoms with Gasteiger partial charge >= 0.3 is 5.97 Å². The lowest BCUT2D eigenvalue weighted by atomic mass is 10.1. The minimum atomic E-state index is -0.578. The molecule has 0 aliphatic heterocycles. The lowest BCUT2D eigenvalue weighted by Gasteiger charge is -2.12. The molecule has 0 spiro atoms. The van der Waals surface area contributed by atoms with Gasteiger partial charge in [0, 0.05) is 5.56 Å². The highest BCUT2D eigenvalue weighted by atomic mass is 16.7. The number of nitrogens with zero attached hydrogens (tertiary/aromatic N) is 1. The van der Waals surface area contributed by atoms with E-state index in [1.54, 1.807) is 42.5 Å². The van der Waals surface area contributed by atoms with Crippen molar-refractivity contribution < 1.29 is 28.6 Å². The zero-order valence-electron chi connectivity index (χ0n) is 16.9. The molecule has 0 heterocycles. The van der Waals surface area contributed by atoms with Gasteiger partial charge in [0.2, 0.25) is 0 Å². The number of amides is 1. The Bertz CT molecular complexity index is 896. The number of nitrogens with two attached hydrogens (primary N) is 2. The van der Waals surface area contributed by atoms with Crippen molar-refractivity contribution in [2.45, 2.75) is 20.3 Å². The molecule has 160 valence electrons. The predicted octanol–water partition coefficient (Wildman–Crippen LogP) is 1.75. The Morgan fingerprint density at radius 1 is 0.900 bits per heavy atom. The largest absolute Gasteiger partial charge is 0.490 e. The lowest BCUT2D eigenvalue weighted by molar-refractivity contribution is -0.142. The summed E-state index contributed by atoms with van der Waals surface area (Å²) in [6.07, 6.45) is -0.0108. The van der Waals surface area contributed by atoms with E-state index in [1.165, 1.54) is 0 Å². The minimum Gasteiger partial charge on any atom is -0.490 e. The number of carbonyl (C=O) groups excluding carboxylic acids is 2. The third-order valence-corrected chi connectivity index (χ3v) is 3.73. The molecule has 2 aromatic carbocycles. The summed E-state index contributed by atoms with van der Waals surface area (Å²) in [7, 11) is 0. The van der Waals surface area contributed by atoms with Crippen molar-refractivity contribution in [3.05, 3.63) is 53.6 Å². The summed E-state index contributed by atoms with van der Waals surface area (Å²) in [5.41, 5.74) is 12.1. The van der Waals surface area contributed by atoms with Crippen LogP contribution in [0.3, 0.4) is 0 Å². The zero-order chi connectivity index (χ0) is 21.9. The molecule has 2 rings (SSSR count). The molecule has 0 fully saturated rings. The first-order chi connectivity index (χ1) is 14.4. The fourth-order valence-electron chi connectivity index (χ4n) is 2.43.